The molecule has 0 aromatic heterocycles. The predicted octanol–water partition coefficient (Wildman–Crippen LogP) is 0.655. The molecule has 8 heteroatoms. The third-order valence-corrected chi connectivity index (χ3v) is 4.27. The maximum absolute atomic E-state index is 12.2. The molecule has 1 heterocycles. The molecule has 0 aliphatic carbocycles. The monoisotopic (exact) mass is 338 g/mol. The summed E-state index contributed by atoms with van der Waals surface area (Å²) in [6.07, 6.45) is 1.60. The number of hydrogen-bond donors (Lipinski definition) is 0. The Morgan fingerprint density at radius 3 is 2.73 bits per heavy atom. The molecule has 6 nitrogen and oxygen atoms in total. The molecule has 1 fully saturated rings. The van der Waals surface area contributed by atoms with Crippen LogP contribution in [0.4, 0.5) is 0 Å². The molecule has 0 spiro atoms. The number of carbonyl (C=O) groups excluding carboxylic acids is 2. The number of aliphatic carboxylic acids is 1. The lowest BCUT2D eigenvalue weighted by atomic mass is 10.1. The molecule has 0 N–H and O–H groups in total. The molecule has 2 rings (SSSR count). The molecule has 1 saturated heterocycles. The lowest BCUT2D eigenvalue weighted by Gasteiger charge is -2.14. The third kappa shape index (κ3) is 3.40. The lowest BCUT2D eigenvalue weighted by molar-refractivity contribution is -0.305. The summed E-state index contributed by atoms with van der Waals surface area (Å²) >= 11 is 6.05. The van der Waals surface area contributed by atoms with Crippen molar-refractivity contribution in [2.45, 2.75) is 0 Å². The molecule has 116 valence electrons. The average Bonchev–Trinajstić information content (AvgIpc) is 2.75. The number of carbonyl (C=O) groups is 2. The summed E-state index contributed by atoms with van der Waals surface area (Å²) in [5.41, 5.74) is 0.664. The number of amides is 1. The second kappa shape index (κ2) is 6.80. The van der Waals surface area contributed by atoms with Gasteiger partial charge in [-0.2, -0.15) is 0 Å². The molecular formula is C14H12NO5S2-. The Labute approximate surface area is 136 Å². The molecule has 1 aliphatic heterocycles. The van der Waals surface area contributed by atoms with Gasteiger partial charge in [0.2, 0.25) is 0 Å². The molecule has 0 bridgehead atoms. The van der Waals surface area contributed by atoms with Crippen molar-refractivity contribution in [2.75, 3.05) is 20.8 Å². The number of benzene rings is 1. The first kappa shape index (κ1) is 16.3. The zero-order valence-corrected chi connectivity index (χ0v) is 13.5. The minimum absolute atomic E-state index is 0.188. The van der Waals surface area contributed by atoms with Crippen molar-refractivity contribution in [3.63, 3.8) is 0 Å². The van der Waals surface area contributed by atoms with Gasteiger partial charge in [0.15, 0.2) is 0 Å². The fourth-order valence-corrected chi connectivity index (χ4v) is 3.09. The van der Waals surface area contributed by atoms with E-state index in [0.29, 0.717) is 22.0 Å². The number of carboxylic acid groups (broad SMARTS) is 1. The molecule has 0 radical (unpaired) electrons. The minimum Gasteiger partial charge on any atom is -0.548 e. The fraction of sp³-hybridized carbons (Fsp3) is 0.214. The summed E-state index contributed by atoms with van der Waals surface area (Å²) in [6.45, 7) is -0.554. The van der Waals surface area contributed by atoms with Gasteiger partial charge in [-0.1, -0.05) is 24.0 Å². The highest BCUT2D eigenvalue weighted by atomic mass is 32.2. The number of ether oxygens (including phenoxy) is 2. The molecule has 1 aromatic rings. The van der Waals surface area contributed by atoms with Crippen molar-refractivity contribution in [2.24, 2.45) is 0 Å². The maximum Gasteiger partial charge on any atom is 0.266 e. The van der Waals surface area contributed by atoms with E-state index in [9.17, 15) is 14.7 Å². The number of nitrogens with zero attached hydrogens (tertiary/aromatic N) is 1. The van der Waals surface area contributed by atoms with Crippen LogP contribution in [0.5, 0.6) is 11.5 Å². The van der Waals surface area contributed by atoms with Gasteiger partial charge in [-0.15, -0.1) is 0 Å². The Balaban J connectivity index is 2.32. The highest BCUT2D eigenvalue weighted by Crippen LogP contribution is 2.34. The molecule has 0 saturated carbocycles. The Morgan fingerprint density at radius 2 is 2.14 bits per heavy atom. The van der Waals surface area contributed by atoms with E-state index in [0.717, 1.165) is 16.7 Å². The number of thiocarbonyl (C=S) groups is 1. The number of hydrogen-bond acceptors (Lipinski definition) is 7. The van der Waals surface area contributed by atoms with Crippen LogP contribution in [0.1, 0.15) is 5.56 Å². The van der Waals surface area contributed by atoms with Crippen LogP contribution in [0.2, 0.25) is 0 Å². The van der Waals surface area contributed by atoms with Gasteiger partial charge in [-0.05, 0) is 18.2 Å². The first-order valence-electron chi connectivity index (χ1n) is 6.13. The summed E-state index contributed by atoms with van der Waals surface area (Å²) in [7, 11) is 3.05. The summed E-state index contributed by atoms with van der Waals surface area (Å²) in [6, 6.07) is 5.16. The Morgan fingerprint density at radius 1 is 1.41 bits per heavy atom. The maximum atomic E-state index is 12.2. The Kier molecular flexibility index (Phi) is 5.04. The summed E-state index contributed by atoms with van der Waals surface area (Å²) in [5, 5.41) is 10.7. The number of carboxylic acids is 1. The van der Waals surface area contributed by atoms with Gasteiger partial charge in [-0.3, -0.25) is 9.69 Å². The Hall–Kier alpha value is -2.06. The van der Waals surface area contributed by atoms with Crippen LogP contribution in [-0.2, 0) is 9.59 Å². The van der Waals surface area contributed by atoms with E-state index in [1.54, 1.807) is 31.4 Å². The van der Waals surface area contributed by atoms with Crippen molar-refractivity contribution in [1.82, 2.24) is 4.90 Å². The van der Waals surface area contributed by atoms with Crippen LogP contribution in [0.3, 0.4) is 0 Å². The number of methoxy groups -OCH3 is 2. The highest BCUT2D eigenvalue weighted by Gasteiger charge is 2.32. The molecule has 1 aromatic carbocycles. The first-order valence-corrected chi connectivity index (χ1v) is 7.36. The van der Waals surface area contributed by atoms with Crippen molar-refractivity contribution in [3.05, 3.63) is 28.7 Å². The van der Waals surface area contributed by atoms with Gasteiger partial charge >= 0.3 is 0 Å². The molecule has 0 atom stereocenters. The normalized spacial score (nSPS) is 16.3. The summed E-state index contributed by atoms with van der Waals surface area (Å²) in [5.74, 6) is -0.667. The minimum atomic E-state index is -1.36. The van der Waals surface area contributed by atoms with Gasteiger partial charge in [0, 0.05) is 11.6 Å². The van der Waals surface area contributed by atoms with Gasteiger partial charge in [0.25, 0.3) is 5.91 Å². The zero-order valence-electron chi connectivity index (χ0n) is 11.8. The van der Waals surface area contributed by atoms with Crippen LogP contribution < -0.4 is 14.6 Å². The SMILES string of the molecule is COc1ccc(/C=C2/SC(=S)N(CC(=O)[O-])C2=O)c(OC)c1. The van der Waals surface area contributed by atoms with Crippen molar-refractivity contribution in [3.8, 4) is 11.5 Å². The van der Waals surface area contributed by atoms with Gasteiger partial charge in [0.1, 0.15) is 15.8 Å². The van der Waals surface area contributed by atoms with Crippen molar-refractivity contribution >= 4 is 46.3 Å². The summed E-state index contributed by atoms with van der Waals surface area (Å²) < 4.78 is 10.6. The first-order chi connectivity index (χ1) is 10.5. The summed E-state index contributed by atoms with van der Waals surface area (Å²) in [4.78, 5) is 24.2. The Bertz CT molecular complexity index is 671. The molecule has 22 heavy (non-hydrogen) atoms. The fourth-order valence-electron chi connectivity index (χ4n) is 1.84. The van der Waals surface area contributed by atoms with Crippen LogP contribution >= 0.6 is 24.0 Å². The van der Waals surface area contributed by atoms with Crippen molar-refractivity contribution < 1.29 is 24.2 Å². The smallest absolute Gasteiger partial charge is 0.266 e. The van der Waals surface area contributed by atoms with Crippen LogP contribution in [0, 0.1) is 0 Å². The van der Waals surface area contributed by atoms with Gasteiger partial charge in [0.05, 0.1) is 31.6 Å². The standard InChI is InChI=1S/C14H13NO5S2/c1-19-9-4-3-8(10(6-9)20-2)5-11-13(18)15(7-12(16)17)14(21)22-11/h3-6H,7H2,1-2H3,(H,16,17)/p-1/b11-5+. The average molecular weight is 338 g/mol. The van der Waals surface area contributed by atoms with E-state index >= 15 is 0 Å². The number of thioether (sulfide) groups is 1. The second-order valence-electron chi connectivity index (χ2n) is 4.25. The topological polar surface area (TPSA) is 78.9 Å². The van der Waals surface area contributed by atoms with Crippen molar-refractivity contribution in [1.29, 1.82) is 0 Å². The second-order valence-corrected chi connectivity index (χ2v) is 5.92. The lowest BCUT2D eigenvalue weighted by Crippen LogP contribution is -2.40. The molecule has 0 unspecified atom stereocenters. The third-order valence-electron chi connectivity index (χ3n) is 2.89. The van der Waals surface area contributed by atoms with Crippen LogP contribution in [0.25, 0.3) is 6.08 Å². The van der Waals surface area contributed by atoms with Crippen LogP contribution in [-0.4, -0.2) is 41.9 Å². The van der Waals surface area contributed by atoms with Gasteiger partial charge in [-0.25, -0.2) is 0 Å². The molecule has 1 aliphatic rings. The van der Waals surface area contributed by atoms with E-state index in [1.165, 1.54) is 7.11 Å². The predicted molar refractivity (Wildman–Crippen MR) is 84.4 cm³/mol. The number of rotatable bonds is 5. The van der Waals surface area contributed by atoms with E-state index in [4.69, 9.17) is 21.7 Å². The van der Waals surface area contributed by atoms with E-state index in [1.807, 2.05) is 0 Å². The molecular weight excluding hydrogens is 326 g/mol. The van der Waals surface area contributed by atoms with E-state index in [2.05, 4.69) is 0 Å². The van der Waals surface area contributed by atoms with Gasteiger partial charge < -0.3 is 19.4 Å². The quantitative estimate of drug-likeness (QED) is 0.576. The molecule has 1 amide bonds. The van der Waals surface area contributed by atoms with E-state index < -0.39 is 18.4 Å². The zero-order chi connectivity index (χ0) is 16.3. The highest BCUT2D eigenvalue weighted by molar-refractivity contribution is 8.26. The van der Waals surface area contributed by atoms with Crippen LogP contribution in [0.15, 0.2) is 23.1 Å². The largest absolute Gasteiger partial charge is 0.548 e. The van der Waals surface area contributed by atoms with E-state index in [-0.39, 0.29) is 4.32 Å².